The van der Waals surface area contributed by atoms with Crippen molar-refractivity contribution in [3.05, 3.63) is 0 Å². The molecule has 0 radical (unpaired) electrons. The molecule has 1 N–H and O–H groups in total. The Labute approximate surface area is 139 Å². The van der Waals surface area contributed by atoms with Crippen molar-refractivity contribution in [3.63, 3.8) is 0 Å². The van der Waals surface area contributed by atoms with Crippen LogP contribution in [0.5, 0.6) is 0 Å². The Morgan fingerprint density at radius 1 is 1.04 bits per heavy atom. The summed E-state index contributed by atoms with van der Waals surface area (Å²) in [5, 5.41) is 9.91. The van der Waals surface area contributed by atoms with Gasteiger partial charge >= 0.3 is 5.97 Å². The number of ketones is 1. The molecule has 4 fully saturated rings. The van der Waals surface area contributed by atoms with Gasteiger partial charge in [-0.25, -0.2) is 0 Å². The lowest BCUT2D eigenvalue weighted by Crippen LogP contribution is -2.58. The Balaban J connectivity index is 1.76. The van der Waals surface area contributed by atoms with Gasteiger partial charge in [0.2, 0.25) is 0 Å². The van der Waals surface area contributed by atoms with Gasteiger partial charge < -0.3 is 5.11 Å². The third-order valence-electron chi connectivity index (χ3n) is 8.84. The lowest BCUT2D eigenvalue weighted by molar-refractivity contribution is -0.182. The van der Waals surface area contributed by atoms with Crippen molar-refractivity contribution in [1.29, 1.82) is 0 Å². The molecule has 1 spiro atoms. The van der Waals surface area contributed by atoms with Gasteiger partial charge in [-0.15, -0.1) is 0 Å². The summed E-state index contributed by atoms with van der Waals surface area (Å²) in [6.45, 7) is 6.54. The predicted octanol–water partition coefficient (Wildman–Crippen LogP) is 4.44. The second kappa shape index (κ2) is 4.40. The lowest BCUT2D eigenvalue weighted by Gasteiger charge is -2.63. The molecule has 6 atom stereocenters. The second-order valence-electron chi connectivity index (χ2n) is 9.96. The van der Waals surface area contributed by atoms with E-state index in [1.807, 2.05) is 6.92 Å². The Hall–Kier alpha value is -0.860. The van der Waals surface area contributed by atoms with Crippen molar-refractivity contribution in [2.75, 3.05) is 0 Å². The van der Waals surface area contributed by atoms with Crippen LogP contribution in [0.15, 0.2) is 0 Å². The van der Waals surface area contributed by atoms with E-state index < -0.39 is 11.4 Å². The monoisotopic (exact) mass is 318 g/mol. The number of carboxylic acid groups (broad SMARTS) is 1. The van der Waals surface area contributed by atoms with E-state index in [0.717, 1.165) is 57.8 Å². The maximum Gasteiger partial charge on any atom is 0.309 e. The quantitative estimate of drug-likeness (QED) is 0.777. The van der Waals surface area contributed by atoms with Gasteiger partial charge in [-0.1, -0.05) is 20.3 Å². The minimum Gasteiger partial charge on any atom is -0.481 e. The molecule has 4 rings (SSSR count). The second-order valence-corrected chi connectivity index (χ2v) is 9.96. The summed E-state index contributed by atoms with van der Waals surface area (Å²) in [6.07, 6.45) is 9.04. The maximum absolute atomic E-state index is 12.6. The molecule has 0 aliphatic heterocycles. The summed E-state index contributed by atoms with van der Waals surface area (Å²) in [6, 6.07) is 0. The minimum atomic E-state index is -0.604. The average molecular weight is 318 g/mol. The fraction of sp³-hybridized carbons (Fsp3) is 0.900. The summed E-state index contributed by atoms with van der Waals surface area (Å²) >= 11 is 0. The smallest absolute Gasteiger partial charge is 0.309 e. The first-order valence-corrected chi connectivity index (χ1v) is 9.43. The summed E-state index contributed by atoms with van der Waals surface area (Å²) in [4.78, 5) is 24.7. The van der Waals surface area contributed by atoms with Crippen LogP contribution in [0.1, 0.15) is 78.6 Å². The molecular formula is C20H30O3. The molecular weight excluding hydrogens is 288 g/mol. The van der Waals surface area contributed by atoms with Crippen molar-refractivity contribution >= 4 is 11.8 Å². The Morgan fingerprint density at radius 3 is 2.43 bits per heavy atom. The minimum absolute atomic E-state index is 0.0789. The predicted molar refractivity (Wildman–Crippen MR) is 87.9 cm³/mol. The number of carbonyl (C=O) groups excluding carboxylic acids is 1. The number of rotatable bonds is 1. The summed E-state index contributed by atoms with van der Waals surface area (Å²) in [7, 11) is 0. The largest absolute Gasteiger partial charge is 0.481 e. The van der Waals surface area contributed by atoms with Gasteiger partial charge in [0.15, 0.2) is 0 Å². The highest BCUT2D eigenvalue weighted by Crippen LogP contribution is 2.72. The molecule has 4 aliphatic carbocycles. The highest BCUT2D eigenvalue weighted by Gasteiger charge is 2.68. The average Bonchev–Trinajstić information content (AvgIpc) is 2.63. The number of hydrogen-bond donors (Lipinski definition) is 1. The van der Waals surface area contributed by atoms with Crippen LogP contribution in [-0.2, 0) is 9.59 Å². The summed E-state index contributed by atoms with van der Waals surface area (Å²) in [5.41, 5.74) is -0.357. The van der Waals surface area contributed by atoms with Gasteiger partial charge in [0, 0.05) is 11.8 Å². The van der Waals surface area contributed by atoms with Crippen molar-refractivity contribution in [1.82, 2.24) is 0 Å². The van der Waals surface area contributed by atoms with Crippen molar-refractivity contribution in [3.8, 4) is 0 Å². The van der Waals surface area contributed by atoms with E-state index in [1.165, 1.54) is 0 Å². The molecule has 23 heavy (non-hydrogen) atoms. The van der Waals surface area contributed by atoms with Crippen LogP contribution in [0.4, 0.5) is 0 Å². The van der Waals surface area contributed by atoms with Crippen LogP contribution >= 0.6 is 0 Å². The highest BCUT2D eigenvalue weighted by atomic mass is 16.4. The van der Waals surface area contributed by atoms with Gasteiger partial charge in [0.1, 0.15) is 5.78 Å². The third kappa shape index (κ3) is 1.77. The molecule has 0 heterocycles. The van der Waals surface area contributed by atoms with E-state index in [-0.39, 0.29) is 22.2 Å². The van der Waals surface area contributed by atoms with Crippen LogP contribution in [0.2, 0.25) is 0 Å². The van der Waals surface area contributed by atoms with E-state index >= 15 is 0 Å². The third-order valence-corrected chi connectivity index (χ3v) is 8.84. The first-order chi connectivity index (χ1) is 10.7. The van der Waals surface area contributed by atoms with Gasteiger partial charge in [0.25, 0.3) is 0 Å². The Bertz CT molecular complexity index is 583. The summed E-state index contributed by atoms with van der Waals surface area (Å²) in [5.74, 6) is 0.704. The standard InChI is InChI=1S/C20H30O3/c1-17-9-5-14-18(2)7-4-8-19(3,16(22)23)13(18)6-10-20(14,12-17)11-15(17)21/h13-14H,4-12H2,1-3H3,(H,22,23)/t13-,14+,17-,18+,19+,20-/m0/s1. The topological polar surface area (TPSA) is 54.4 Å². The fourth-order valence-corrected chi connectivity index (χ4v) is 7.76. The molecule has 4 aliphatic rings. The van der Waals surface area contributed by atoms with Gasteiger partial charge in [-0.2, -0.15) is 0 Å². The normalized spacial score (nSPS) is 55.2. The van der Waals surface area contributed by atoms with Crippen LogP contribution < -0.4 is 0 Å². The van der Waals surface area contributed by atoms with Crippen LogP contribution in [0.25, 0.3) is 0 Å². The SMILES string of the molecule is C[C@@]12CC[C@H]3[C@@](CC[C@H]4[C@@]3(C)CCC[C@@]4(C)C(=O)O)(CC1=O)C2. The zero-order valence-electron chi connectivity index (χ0n) is 14.8. The van der Waals surface area contributed by atoms with Crippen LogP contribution in [-0.4, -0.2) is 16.9 Å². The zero-order chi connectivity index (χ0) is 16.7. The lowest BCUT2D eigenvalue weighted by atomic mass is 9.40. The van der Waals surface area contributed by atoms with Crippen LogP contribution in [0, 0.1) is 33.5 Å². The van der Waals surface area contributed by atoms with E-state index in [2.05, 4.69) is 13.8 Å². The summed E-state index contributed by atoms with van der Waals surface area (Å²) < 4.78 is 0. The molecule has 3 nitrogen and oxygen atoms in total. The molecule has 0 unspecified atom stereocenters. The number of aliphatic carboxylic acids is 1. The number of Topliss-reactive ketones (excluding diaryl/α,β-unsaturated/α-hetero) is 1. The molecule has 3 heteroatoms. The highest BCUT2D eigenvalue weighted by molar-refractivity contribution is 5.88. The van der Waals surface area contributed by atoms with Gasteiger partial charge in [0.05, 0.1) is 5.41 Å². The first-order valence-electron chi connectivity index (χ1n) is 9.43. The van der Waals surface area contributed by atoms with E-state index in [1.54, 1.807) is 0 Å². The van der Waals surface area contributed by atoms with E-state index in [9.17, 15) is 14.7 Å². The molecule has 0 aromatic carbocycles. The fourth-order valence-electron chi connectivity index (χ4n) is 7.76. The van der Waals surface area contributed by atoms with Crippen molar-refractivity contribution in [2.24, 2.45) is 33.5 Å². The molecule has 0 aromatic rings. The Morgan fingerprint density at radius 2 is 1.74 bits per heavy atom. The molecule has 2 bridgehead atoms. The first kappa shape index (κ1) is 15.7. The van der Waals surface area contributed by atoms with Crippen molar-refractivity contribution < 1.29 is 14.7 Å². The number of carbonyl (C=O) groups is 2. The molecule has 0 saturated heterocycles. The molecule has 0 amide bonds. The van der Waals surface area contributed by atoms with E-state index in [0.29, 0.717) is 11.7 Å². The van der Waals surface area contributed by atoms with Crippen LogP contribution in [0.3, 0.4) is 0 Å². The van der Waals surface area contributed by atoms with Crippen molar-refractivity contribution in [2.45, 2.75) is 78.6 Å². The van der Waals surface area contributed by atoms with Gasteiger partial charge in [-0.3, -0.25) is 9.59 Å². The number of hydrogen-bond acceptors (Lipinski definition) is 2. The number of fused-ring (bicyclic) bond motifs is 3. The maximum atomic E-state index is 12.6. The number of carboxylic acids is 1. The van der Waals surface area contributed by atoms with Gasteiger partial charge in [-0.05, 0) is 74.5 Å². The van der Waals surface area contributed by atoms with E-state index in [4.69, 9.17) is 0 Å². The molecule has 4 saturated carbocycles. The molecule has 0 aromatic heterocycles. The zero-order valence-corrected chi connectivity index (χ0v) is 14.8. The molecule has 128 valence electrons. The Kier molecular flexibility index (Phi) is 3.00.